The average molecular weight is 401 g/mol. The molecule has 156 valence electrons. The number of imide groups is 1. The first-order chi connectivity index (χ1) is 13.9. The van der Waals surface area contributed by atoms with E-state index in [1.807, 2.05) is 6.92 Å². The molecule has 1 N–H and O–H groups in total. The van der Waals surface area contributed by atoms with Crippen LogP contribution in [0.3, 0.4) is 0 Å². The van der Waals surface area contributed by atoms with E-state index in [1.165, 1.54) is 0 Å². The number of carbonyl (C=O) groups excluding carboxylic acids is 3. The van der Waals surface area contributed by atoms with Crippen molar-refractivity contribution in [1.82, 2.24) is 15.1 Å². The molecule has 1 saturated carbocycles. The molecule has 0 unspecified atom stereocenters. The first kappa shape index (κ1) is 19.5. The minimum absolute atomic E-state index is 0.186. The third-order valence-electron chi connectivity index (χ3n) is 5.71. The van der Waals surface area contributed by atoms with Crippen LogP contribution in [0.5, 0.6) is 11.5 Å². The zero-order chi connectivity index (χ0) is 20.6. The van der Waals surface area contributed by atoms with E-state index in [0.29, 0.717) is 49.3 Å². The van der Waals surface area contributed by atoms with Gasteiger partial charge in [0.15, 0.2) is 11.5 Å². The predicted octanol–water partition coefficient (Wildman–Crippen LogP) is 1.87. The van der Waals surface area contributed by atoms with Gasteiger partial charge in [-0.1, -0.05) is 13.0 Å². The summed E-state index contributed by atoms with van der Waals surface area (Å²) < 4.78 is 11.1. The molecule has 0 spiro atoms. The number of amides is 4. The van der Waals surface area contributed by atoms with E-state index >= 15 is 0 Å². The van der Waals surface area contributed by atoms with Crippen molar-refractivity contribution in [2.24, 2.45) is 5.92 Å². The van der Waals surface area contributed by atoms with Crippen molar-refractivity contribution in [2.45, 2.75) is 38.6 Å². The number of ether oxygens (including phenoxy) is 2. The van der Waals surface area contributed by atoms with Gasteiger partial charge in [0.2, 0.25) is 5.91 Å². The van der Waals surface area contributed by atoms with Crippen LogP contribution in [-0.4, -0.2) is 60.5 Å². The molecule has 8 heteroatoms. The lowest BCUT2D eigenvalue weighted by Crippen LogP contribution is -2.45. The molecule has 1 saturated heterocycles. The van der Waals surface area contributed by atoms with E-state index in [-0.39, 0.29) is 12.5 Å². The summed E-state index contributed by atoms with van der Waals surface area (Å²) in [7, 11) is 0. The van der Waals surface area contributed by atoms with Crippen LogP contribution in [0.2, 0.25) is 0 Å². The monoisotopic (exact) mass is 401 g/mol. The summed E-state index contributed by atoms with van der Waals surface area (Å²) in [6, 6.07) is 4.65. The second-order valence-electron chi connectivity index (χ2n) is 8.09. The van der Waals surface area contributed by atoms with Gasteiger partial charge >= 0.3 is 6.03 Å². The fourth-order valence-corrected chi connectivity index (χ4v) is 3.83. The van der Waals surface area contributed by atoms with E-state index in [0.717, 1.165) is 24.2 Å². The topological polar surface area (TPSA) is 88.2 Å². The van der Waals surface area contributed by atoms with Crippen molar-refractivity contribution in [3.05, 3.63) is 23.8 Å². The lowest BCUT2D eigenvalue weighted by Gasteiger charge is -2.26. The van der Waals surface area contributed by atoms with Gasteiger partial charge in [0.05, 0.1) is 0 Å². The van der Waals surface area contributed by atoms with Gasteiger partial charge in [-0.05, 0) is 49.8 Å². The van der Waals surface area contributed by atoms with Gasteiger partial charge in [0.1, 0.15) is 25.3 Å². The van der Waals surface area contributed by atoms with Crippen molar-refractivity contribution in [3.8, 4) is 11.5 Å². The van der Waals surface area contributed by atoms with E-state index in [4.69, 9.17) is 9.47 Å². The molecule has 1 aromatic rings. The van der Waals surface area contributed by atoms with Crippen molar-refractivity contribution in [1.29, 1.82) is 0 Å². The van der Waals surface area contributed by atoms with Gasteiger partial charge in [-0.25, -0.2) is 4.79 Å². The lowest BCUT2D eigenvalue weighted by molar-refractivity contribution is -0.139. The number of urea groups is 1. The van der Waals surface area contributed by atoms with Crippen molar-refractivity contribution >= 4 is 17.8 Å². The standard InChI is InChI=1S/C21H27N3O5/c1-3-8-23(12-14-4-5-14)18(25)13-24-19(26)21(2,22-20(24)27)15-6-7-16-17(11-15)29-10-9-28-16/h6-7,11,14H,3-5,8-10,12-13H2,1-2H3,(H,22,27)/t21-/m1/s1. The van der Waals surface area contributed by atoms with E-state index < -0.39 is 17.5 Å². The third kappa shape index (κ3) is 3.75. The van der Waals surface area contributed by atoms with Crippen LogP contribution in [-0.2, 0) is 15.1 Å². The molecule has 4 rings (SSSR count). The Bertz CT molecular complexity index is 838. The molecule has 0 bridgehead atoms. The molecule has 29 heavy (non-hydrogen) atoms. The highest BCUT2D eigenvalue weighted by atomic mass is 16.6. The minimum atomic E-state index is -1.25. The maximum Gasteiger partial charge on any atom is 0.325 e. The van der Waals surface area contributed by atoms with Crippen LogP contribution in [0, 0.1) is 5.92 Å². The maximum atomic E-state index is 13.2. The molecule has 1 atom stereocenters. The van der Waals surface area contributed by atoms with Crippen molar-refractivity contribution < 1.29 is 23.9 Å². The second kappa shape index (κ2) is 7.57. The number of carbonyl (C=O) groups is 3. The van der Waals surface area contributed by atoms with Gasteiger partial charge in [-0.3, -0.25) is 14.5 Å². The van der Waals surface area contributed by atoms with Crippen LogP contribution in [0.4, 0.5) is 4.79 Å². The maximum absolute atomic E-state index is 13.2. The number of hydrogen-bond acceptors (Lipinski definition) is 5. The van der Waals surface area contributed by atoms with Gasteiger partial charge < -0.3 is 19.7 Å². The summed E-state index contributed by atoms with van der Waals surface area (Å²) in [6.07, 6.45) is 3.12. The molecule has 0 aromatic heterocycles. The Morgan fingerprint density at radius 1 is 1.24 bits per heavy atom. The lowest BCUT2D eigenvalue weighted by atomic mass is 9.91. The van der Waals surface area contributed by atoms with Gasteiger partial charge in [-0.15, -0.1) is 0 Å². The molecule has 3 aliphatic rings. The Morgan fingerprint density at radius 2 is 1.97 bits per heavy atom. The van der Waals surface area contributed by atoms with E-state index in [2.05, 4.69) is 5.32 Å². The summed E-state index contributed by atoms with van der Waals surface area (Å²) in [5.41, 5.74) is -0.655. The first-order valence-electron chi connectivity index (χ1n) is 10.2. The molecule has 2 aliphatic heterocycles. The molecular formula is C21H27N3O5. The van der Waals surface area contributed by atoms with Crippen LogP contribution >= 0.6 is 0 Å². The Hall–Kier alpha value is -2.77. The predicted molar refractivity (Wildman–Crippen MR) is 105 cm³/mol. The number of fused-ring (bicyclic) bond motifs is 1. The van der Waals surface area contributed by atoms with Crippen molar-refractivity contribution in [2.75, 3.05) is 32.8 Å². The Morgan fingerprint density at radius 3 is 2.66 bits per heavy atom. The van der Waals surface area contributed by atoms with Gasteiger partial charge in [-0.2, -0.15) is 0 Å². The SMILES string of the molecule is CCCN(CC1CC1)C(=O)CN1C(=O)N[C@](C)(c2ccc3c(c2)OCCO3)C1=O. The summed E-state index contributed by atoms with van der Waals surface area (Å²) in [5, 5.41) is 2.75. The van der Waals surface area contributed by atoms with Crippen molar-refractivity contribution in [3.63, 3.8) is 0 Å². The van der Waals surface area contributed by atoms with Gasteiger partial charge in [0, 0.05) is 13.1 Å². The quantitative estimate of drug-likeness (QED) is 0.705. The van der Waals surface area contributed by atoms with Crippen LogP contribution in [0.15, 0.2) is 18.2 Å². The molecule has 1 aromatic carbocycles. The Labute approximate surface area is 170 Å². The summed E-state index contributed by atoms with van der Waals surface area (Å²) in [5.74, 6) is 1.09. The molecule has 0 radical (unpaired) electrons. The van der Waals surface area contributed by atoms with Gasteiger partial charge in [0.25, 0.3) is 5.91 Å². The normalized spacial score (nSPS) is 23.2. The fraction of sp³-hybridized carbons (Fsp3) is 0.571. The molecular weight excluding hydrogens is 374 g/mol. The number of nitrogens with one attached hydrogen (secondary N) is 1. The highest BCUT2D eigenvalue weighted by Crippen LogP contribution is 2.37. The number of hydrogen-bond donors (Lipinski definition) is 1. The molecule has 1 aliphatic carbocycles. The number of nitrogens with zero attached hydrogens (tertiary/aromatic N) is 2. The van der Waals surface area contributed by atoms with E-state index in [1.54, 1.807) is 30.0 Å². The first-order valence-corrected chi connectivity index (χ1v) is 10.2. The number of benzene rings is 1. The number of rotatable bonds is 7. The second-order valence-corrected chi connectivity index (χ2v) is 8.09. The smallest absolute Gasteiger partial charge is 0.325 e. The molecule has 4 amide bonds. The molecule has 8 nitrogen and oxygen atoms in total. The summed E-state index contributed by atoms with van der Waals surface area (Å²) in [4.78, 5) is 41.3. The molecule has 2 fully saturated rings. The van der Waals surface area contributed by atoms with Crippen LogP contribution in [0.1, 0.15) is 38.7 Å². The Kier molecular flexibility index (Phi) is 5.10. The Balaban J connectivity index is 1.51. The average Bonchev–Trinajstić information content (AvgIpc) is 3.51. The largest absolute Gasteiger partial charge is 0.486 e. The zero-order valence-corrected chi connectivity index (χ0v) is 16.9. The minimum Gasteiger partial charge on any atom is -0.486 e. The highest BCUT2D eigenvalue weighted by molar-refractivity contribution is 6.09. The van der Waals surface area contributed by atoms with E-state index in [9.17, 15) is 14.4 Å². The summed E-state index contributed by atoms with van der Waals surface area (Å²) >= 11 is 0. The highest BCUT2D eigenvalue weighted by Gasteiger charge is 2.50. The van der Waals surface area contributed by atoms with Crippen LogP contribution in [0.25, 0.3) is 0 Å². The molecule has 2 heterocycles. The van der Waals surface area contributed by atoms with Crippen LogP contribution < -0.4 is 14.8 Å². The third-order valence-corrected chi connectivity index (χ3v) is 5.71. The zero-order valence-electron chi connectivity index (χ0n) is 16.9. The fourth-order valence-electron chi connectivity index (χ4n) is 3.83. The summed E-state index contributed by atoms with van der Waals surface area (Å²) in [6.45, 7) is 5.68.